The molecule has 1 saturated heterocycles. The van der Waals surface area contributed by atoms with E-state index in [1.165, 1.54) is 30.0 Å². The molecule has 0 bridgehead atoms. The number of aromatic nitrogens is 2. The fourth-order valence-corrected chi connectivity index (χ4v) is 2.82. The zero-order chi connectivity index (χ0) is 16.1. The van der Waals surface area contributed by atoms with Gasteiger partial charge in [0.25, 0.3) is 5.91 Å². The summed E-state index contributed by atoms with van der Waals surface area (Å²) in [7, 11) is 0. The molecule has 3 rings (SSSR count). The summed E-state index contributed by atoms with van der Waals surface area (Å²) >= 11 is 0. The van der Waals surface area contributed by atoms with Crippen molar-refractivity contribution >= 4 is 5.91 Å². The Kier molecular flexibility index (Phi) is 5.02. The van der Waals surface area contributed by atoms with Gasteiger partial charge in [0.2, 0.25) is 0 Å². The van der Waals surface area contributed by atoms with Gasteiger partial charge in [-0.1, -0.05) is 18.6 Å². The fraction of sp³-hybridized carbons (Fsp3) is 0.412. The molecule has 122 valence electrons. The number of nitrogens with one attached hydrogen (secondary N) is 1. The maximum absolute atomic E-state index is 13.7. The van der Waals surface area contributed by atoms with E-state index in [-0.39, 0.29) is 11.7 Å². The van der Waals surface area contributed by atoms with Gasteiger partial charge in [-0.05, 0) is 44.1 Å². The SMILES string of the molecule is O=C(NCCN1CCCCC1)c1ccn(-c2ccccc2F)n1. The highest BCUT2D eigenvalue weighted by Gasteiger charge is 2.13. The number of piperidine rings is 1. The zero-order valence-electron chi connectivity index (χ0n) is 13.0. The Hall–Kier alpha value is -2.21. The highest BCUT2D eigenvalue weighted by atomic mass is 19.1. The van der Waals surface area contributed by atoms with Crippen LogP contribution in [-0.2, 0) is 0 Å². The molecule has 0 saturated carbocycles. The minimum atomic E-state index is -0.368. The van der Waals surface area contributed by atoms with Crippen LogP contribution in [0, 0.1) is 5.82 Å². The van der Waals surface area contributed by atoms with Crippen LogP contribution in [-0.4, -0.2) is 46.8 Å². The van der Waals surface area contributed by atoms with E-state index in [0.29, 0.717) is 17.9 Å². The summed E-state index contributed by atoms with van der Waals surface area (Å²) in [5.74, 6) is -0.593. The number of benzene rings is 1. The number of likely N-dealkylation sites (tertiary alicyclic amines) is 1. The lowest BCUT2D eigenvalue weighted by molar-refractivity contribution is 0.0941. The zero-order valence-corrected chi connectivity index (χ0v) is 13.0. The van der Waals surface area contributed by atoms with E-state index >= 15 is 0 Å². The van der Waals surface area contributed by atoms with E-state index < -0.39 is 0 Å². The van der Waals surface area contributed by atoms with Crippen LogP contribution in [0.3, 0.4) is 0 Å². The minimum Gasteiger partial charge on any atom is -0.349 e. The Morgan fingerprint density at radius 2 is 1.96 bits per heavy atom. The van der Waals surface area contributed by atoms with Crippen LogP contribution in [0.5, 0.6) is 0 Å². The first-order valence-electron chi connectivity index (χ1n) is 8.05. The van der Waals surface area contributed by atoms with Crippen LogP contribution in [0.15, 0.2) is 36.5 Å². The summed E-state index contributed by atoms with van der Waals surface area (Å²) < 4.78 is 15.1. The number of hydrogen-bond donors (Lipinski definition) is 1. The minimum absolute atomic E-state index is 0.225. The molecule has 2 aromatic rings. The first-order chi connectivity index (χ1) is 11.2. The molecule has 5 nitrogen and oxygen atoms in total. The van der Waals surface area contributed by atoms with Gasteiger partial charge >= 0.3 is 0 Å². The van der Waals surface area contributed by atoms with Gasteiger partial charge < -0.3 is 10.2 Å². The van der Waals surface area contributed by atoms with E-state index in [0.717, 1.165) is 19.6 Å². The Bertz CT molecular complexity index is 664. The van der Waals surface area contributed by atoms with Crippen molar-refractivity contribution < 1.29 is 9.18 Å². The molecular formula is C17H21FN4O. The van der Waals surface area contributed by atoms with Crippen molar-refractivity contribution in [1.82, 2.24) is 20.0 Å². The average molecular weight is 316 g/mol. The molecule has 1 aliphatic rings. The van der Waals surface area contributed by atoms with Crippen molar-refractivity contribution in [2.75, 3.05) is 26.2 Å². The predicted octanol–water partition coefficient (Wildman–Crippen LogP) is 2.23. The lowest BCUT2D eigenvalue weighted by Gasteiger charge is -2.26. The molecule has 0 atom stereocenters. The summed E-state index contributed by atoms with van der Waals surface area (Å²) in [5, 5.41) is 7.03. The van der Waals surface area contributed by atoms with Crippen molar-refractivity contribution in [3.63, 3.8) is 0 Å². The third kappa shape index (κ3) is 3.96. The van der Waals surface area contributed by atoms with E-state index in [1.807, 2.05) is 0 Å². The molecule has 1 amide bonds. The Balaban J connectivity index is 1.55. The fourth-order valence-electron chi connectivity index (χ4n) is 2.82. The summed E-state index contributed by atoms with van der Waals surface area (Å²) in [6.45, 7) is 3.68. The molecule has 0 unspecified atom stereocenters. The predicted molar refractivity (Wildman–Crippen MR) is 86.1 cm³/mol. The van der Waals surface area contributed by atoms with Gasteiger partial charge in [0.05, 0.1) is 0 Å². The van der Waals surface area contributed by atoms with Gasteiger partial charge in [-0.25, -0.2) is 9.07 Å². The largest absolute Gasteiger partial charge is 0.349 e. The normalized spacial score (nSPS) is 15.5. The van der Waals surface area contributed by atoms with Crippen molar-refractivity contribution in [3.8, 4) is 5.69 Å². The highest BCUT2D eigenvalue weighted by molar-refractivity contribution is 5.92. The van der Waals surface area contributed by atoms with Crippen molar-refractivity contribution in [2.24, 2.45) is 0 Å². The molecule has 6 heteroatoms. The van der Waals surface area contributed by atoms with E-state index in [9.17, 15) is 9.18 Å². The second-order valence-corrected chi connectivity index (χ2v) is 5.76. The molecule has 1 N–H and O–H groups in total. The van der Waals surface area contributed by atoms with Crippen molar-refractivity contribution in [2.45, 2.75) is 19.3 Å². The molecule has 1 aliphatic heterocycles. The standard InChI is InChI=1S/C17H21FN4O/c18-14-6-2-3-7-16(14)22-12-8-15(20-22)17(23)19-9-13-21-10-4-1-5-11-21/h2-3,6-8,12H,1,4-5,9-11,13H2,(H,19,23). The third-order valence-corrected chi connectivity index (χ3v) is 4.08. The molecule has 2 heterocycles. The van der Waals surface area contributed by atoms with Gasteiger partial charge in [-0.15, -0.1) is 0 Å². The number of halogens is 1. The quantitative estimate of drug-likeness (QED) is 0.920. The molecule has 1 aromatic heterocycles. The summed E-state index contributed by atoms with van der Waals surface area (Å²) in [5.41, 5.74) is 0.631. The smallest absolute Gasteiger partial charge is 0.271 e. The molecule has 0 spiro atoms. The monoisotopic (exact) mass is 316 g/mol. The number of para-hydroxylation sites is 1. The number of hydrogen-bond acceptors (Lipinski definition) is 3. The molecule has 0 aliphatic carbocycles. The molecular weight excluding hydrogens is 295 g/mol. The highest BCUT2D eigenvalue weighted by Crippen LogP contribution is 2.12. The van der Waals surface area contributed by atoms with Crippen molar-refractivity contribution in [1.29, 1.82) is 0 Å². The van der Waals surface area contributed by atoms with E-state index in [2.05, 4.69) is 15.3 Å². The van der Waals surface area contributed by atoms with Crippen LogP contribution in [0.1, 0.15) is 29.8 Å². The first-order valence-corrected chi connectivity index (χ1v) is 8.05. The Morgan fingerprint density at radius 1 is 1.17 bits per heavy atom. The van der Waals surface area contributed by atoms with Gasteiger partial charge in [-0.2, -0.15) is 5.10 Å². The molecule has 1 fully saturated rings. The number of nitrogens with zero attached hydrogens (tertiary/aromatic N) is 3. The summed E-state index contributed by atoms with van der Waals surface area (Å²) in [6, 6.07) is 7.95. The lowest BCUT2D eigenvalue weighted by atomic mass is 10.1. The average Bonchev–Trinajstić information content (AvgIpc) is 3.06. The number of amides is 1. The molecule has 1 aromatic carbocycles. The maximum Gasteiger partial charge on any atom is 0.271 e. The van der Waals surface area contributed by atoms with Crippen LogP contribution in [0.2, 0.25) is 0 Å². The number of rotatable bonds is 5. The van der Waals surface area contributed by atoms with E-state index in [4.69, 9.17) is 0 Å². The molecule has 23 heavy (non-hydrogen) atoms. The van der Waals surface area contributed by atoms with Gasteiger partial charge in [-0.3, -0.25) is 4.79 Å². The van der Waals surface area contributed by atoms with Crippen LogP contribution >= 0.6 is 0 Å². The van der Waals surface area contributed by atoms with Gasteiger partial charge in [0, 0.05) is 19.3 Å². The maximum atomic E-state index is 13.7. The first kappa shape index (κ1) is 15.7. The number of carbonyl (C=O) groups is 1. The Morgan fingerprint density at radius 3 is 2.74 bits per heavy atom. The second-order valence-electron chi connectivity index (χ2n) is 5.76. The molecule has 0 radical (unpaired) electrons. The topological polar surface area (TPSA) is 50.2 Å². The van der Waals surface area contributed by atoms with Gasteiger partial charge in [0.15, 0.2) is 5.69 Å². The van der Waals surface area contributed by atoms with Crippen LogP contribution < -0.4 is 5.32 Å². The van der Waals surface area contributed by atoms with Crippen LogP contribution in [0.25, 0.3) is 5.69 Å². The van der Waals surface area contributed by atoms with E-state index in [1.54, 1.807) is 30.5 Å². The van der Waals surface area contributed by atoms with Crippen LogP contribution in [0.4, 0.5) is 4.39 Å². The third-order valence-electron chi connectivity index (χ3n) is 4.08. The lowest BCUT2D eigenvalue weighted by Crippen LogP contribution is -2.37. The number of carbonyl (C=O) groups excluding carboxylic acids is 1. The van der Waals surface area contributed by atoms with Crippen molar-refractivity contribution in [3.05, 3.63) is 48.0 Å². The summed E-state index contributed by atoms with van der Waals surface area (Å²) in [6.07, 6.45) is 5.37. The second kappa shape index (κ2) is 7.37. The Labute approximate surface area is 135 Å². The summed E-state index contributed by atoms with van der Waals surface area (Å²) in [4.78, 5) is 14.5. The van der Waals surface area contributed by atoms with Gasteiger partial charge in [0.1, 0.15) is 11.5 Å².